The third kappa shape index (κ3) is 12.2. The Morgan fingerprint density at radius 2 is 1.30 bits per heavy atom. The van der Waals surface area contributed by atoms with Crippen molar-refractivity contribution in [2.45, 2.75) is 123 Å². The van der Waals surface area contributed by atoms with E-state index in [2.05, 4.69) is 16.9 Å². The average molecular weight is 637 g/mol. The van der Waals surface area contributed by atoms with Gasteiger partial charge in [0.25, 0.3) is 0 Å². The van der Waals surface area contributed by atoms with Gasteiger partial charge in [-0.2, -0.15) is 5.10 Å². The Balaban J connectivity index is 1.22. The standard InChI is InChI=1S/C40H52N4O3/c1-3-4-5-6-7-8-9-10-11-12-13-14-15-16-17-21-39(46)47-31-44-30-36(40(43-44)37-20-18-19-27-41-37)35-26-28-42-38(29-35)34-24-22-33(23-25-34)32(2)45/h18-20,22-30H,3-17,21,31H2,1-2H3. The molecule has 0 amide bonds. The highest BCUT2D eigenvalue weighted by Gasteiger charge is 2.16. The van der Waals surface area contributed by atoms with Crippen molar-refractivity contribution in [3.05, 3.63) is 78.8 Å². The smallest absolute Gasteiger partial charge is 0.307 e. The van der Waals surface area contributed by atoms with E-state index < -0.39 is 0 Å². The maximum atomic E-state index is 12.5. The van der Waals surface area contributed by atoms with Crippen LogP contribution >= 0.6 is 0 Å². The molecule has 0 aliphatic heterocycles. The first-order chi connectivity index (χ1) is 23.0. The molecule has 3 aromatic heterocycles. The number of aromatic nitrogens is 4. The number of nitrogens with zero attached hydrogens (tertiary/aromatic N) is 4. The normalized spacial score (nSPS) is 11.1. The Kier molecular flexibility index (Phi) is 15.3. The molecule has 0 N–H and O–H groups in total. The van der Waals surface area contributed by atoms with Crippen molar-refractivity contribution >= 4 is 11.8 Å². The number of Topliss-reactive ketones (excluding diaryl/α,β-unsaturated/α-hetero) is 1. The lowest BCUT2D eigenvalue weighted by atomic mass is 10.0. The van der Waals surface area contributed by atoms with Gasteiger partial charge in [0.05, 0.1) is 11.4 Å². The lowest BCUT2D eigenvalue weighted by Crippen LogP contribution is -2.09. The molecule has 1 aromatic carbocycles. The van der Waals surface area contributed by atoms with E-state index in [-0.39, 0.29) is 18.5 Å². The molecule has 0 atom stereocenters. The van der Waals surface area contributed by atoms with Crippen LogP contribution in [0.25, 0.3) is 33.8 Å². The minimum atomic E-state index is -0.198. The topological polar surface area (TPSA) is 87.0 Å². The van der Waals surface area contributed by atoms with Crippen molar-refractivity contribution in [3.63, 3.8) is 0 Å². The molecule has 7 nitrogen and oxygen atoms in total. The third-order valence-electron chi connectivity index (χ3n) is 8.67. The van der Waals surface area contributed by atoms with Gasteiger partial charge in [0.2, 0.25) is 0 Å². The van der Waals surface area contributed by atoms with Gasteiger partial charge in [-0.15, -0.1) is 0 Å². The van der Waals surface area contributed by atoms with E-state index in [1.54, 1.807) is 24.0 Å². The summed E-state index contributed by atoms with van der Waals surface area (Å²) in [5.74, 6) is -0.169. The predicted molar refractivity (Wildman–Crippen MR) is 190 cm³/mol. The fraction of sp³-hybridized carbons (Fsp3) is 0.475. The maximum Gasteiger partial charge on any atom is 0.307 e. The minimum Gasteiger partial charge on any atom is -0.442 e. The number of ether oxygens (including phenoxy) is 1. The third-order valence-corrected chi connectivity index (χ3v) is 8.67. The SMILES string of the molecule is CCCCCCCCCCCCCCCCCC(=O)OCn1cc(-c2ccnc(-c3ccc(C(C)=O)cc3)c2)c(-c2ccccn2)n1. The molecule has 3 heterocycles. The van der Waals surface area contributed by atoms with Crippen LogP contribution in [0.15, 0.2) is 73.2 Å². The molecular weight excluding hydrogens is 584 g/mol. The Morgan fingerprint density at radius 3 is 1.89 bits per heavy atom. The van der Waals surface area contributed by atoms with Gasteiger partial charge >= 0.3 is 5.97 Å². The molecule has 0 unspecified atom stereocenters. The first-order valence-electron chi connectivity index (χ1n) is 17.8. The molecule has 0 aliphatic rings. The molecule has 0 fully saturated rings. The van der Waals surface area contributed by atoms with Crippen LogP contribution in [0.3, 0.4) is 0 Å². The Hall–Kier alpha value is -4.13. The van der Waals surface area contributed by atoms with E-state index in [0.29, 0.717) is 17.7 Å². The second-order valence-corrected chi connectivity index (χ2v) is 12.6. The Bertz CT molecular complexity index is 1500. The van der Waals surface area contributed by atoms with E-state index >= 15 is 0 Å². The Morgan fingerprint density at radius 1 is 0.681 bits per heavy atom. The summed E-state index contributed by atoms with van der Waals surface area (Å²) in [6.07, 6.45) is 25.3. The molecule has 0 spiro atoms. The summed E-state index contributed by atoms with van der Waals surface area (Å²) in [4.78, 5) is 33.3. The highest BCUT2D eigenvalue weighted by atomic mass is 16.5. The summed E-state index contributed by atoms with van der Waals surface area (Å²) in [7, 11) is 0. The number of rotatable bonds is 22. The van der Waals surface area contributed by atoms with Crippen LogP contribution in [0.5, 0.6) is 0 Å². The van der Waals surface area contributed by atoms with Crippen LogP contribution in [0.1, 0.15) is 127 Å². The molecule has 250 valence electrons. The highest BCUT2D eigenvalue weighted by Crippen LogP contribution is 2.32. The fourth-order valence-electron chi connectivity index (χ4n) is 5.87. The van der Waals surface area contributed by atoms with Crippen molar-refractivity contribution in [3.8, 4) is 33.8 Å². The first kappa shape index (κ1) is 35.7. The van der Waals surface area contributed by atoms with E-state index in [9.17, 15) is 9.59 Å². The summed E-state index contributed by atoms with van der Waals surface area (Å²) in [6, 6.07) is 17.1. The van der Waals surface area contributed by atoms with Crippen molar-refractivity contribution in [1.29, 1.82) is 0 Å². The molecule has 4 aromatic rings. The number of benzene rings is 1. The molecule has 0 radical (unpaired) electrons. The van der Waals surface area contributed by atoms with Gasteiger partial charge in [-0.25, -0.2) is 4.68 Å². The number of unbranched alkanes of at least 4 members (excludes halogenated alkanes) is 14. The molecule has 0 aliphatic carbocycles. The monoisotopic (exact) mass is 636 g/mol. The summed E-state index contributed by atoms with van der Waals surface area (Å²) < 4.78 is 7.27. The second kappa shape index (κ2) is 20.2. The predicted octanol–water partition coefficient (Wildman–Crippen LogP) is 10.6. The summed E-state index contributed by atoms with van der Waals surface area (Å²) in [5.41, 5.74) is 5.58. The van der Waals surface area contributed by atoms with Gasteiger partial charge in [0, 0.05) is 41.7 Å². The number of pyridine rings is 2. The maximum absolute atomic E-state index is 12.5. The number of carbonyl (C=O) groups is 2. The van der Waals surface area contributed by atoms with Crippen LogP contribution in [0.2, 0.25) is 0 Å². The lowest BCUT2D eigenvalue weighted by Gasteiger charge is -2.06. The molecule has 47 heavy (non-hydrogen) atoms. The minimum absolute atomic E-state index is 0.0289. The molecule has 0 saturated heterocycles. The Labute approximate surface area is 281 Å². The lowest BCUT2D eigenvalue weighted by molar-refractivity contribution is -0.148. The van der Waals surface area contributed by atoms with E-state index in [0.717, 1.165) is 40.9 Å². The zero-order chi connectivity index (χ0) is 33.1. The van der Waals surface area contributed by atoms with Crippen molar-refractivity contribution in [1.82, 2.24) is 19.7 Å². The van der Waals surface area contributed by atoms with Gasteiger partial charge in [-0.1, -0.05) is 127 Å². The van der Waals surface area contributed by atoms with Crippen molar-refractivity contribution in [2.24, 2.45) is 0 Å². The summed E-state index contributed by atoms with van der Waals surface area (Å²) in [6.45, 7) is 3.87. The van der Waals surface area contributed by atoms with Gasteiger partial charge < -0.3 is 4.74 Å². The zero-order valence-corrected chi connectivity index (χ0v) is 28.5. The van der Waals surface area contributed by atoms with Crippen LogP contribution < -0.4 is 0 Å². The number of hydrogen-bond donors (Lipinski definition) is 0. The second-order valence-electron chi connectivity index (χ2n) is 12.6. The molecule has 4 rings (SSSR count). The average Bonchev–Trinajstić information content (AvgIpc) is 3.54. The van der Waals surface area contributed by atoms with Gasteiger partial charge in [-0.05, 0) is 43.2 Å². The fourth-order valence-corrected chi connectivity index (χ4v) is 5.87. The van der Waals surface area contributed by atoms with E-state index in [1.807, 2.05) is 60.8 Å². The number of carbonyl (C=O) groups excluding carboxylic acids is 2. The van der Waals surface area contributed by atoms with Crippen LogP contribution in [-0.2, 0) is 16.3 Å². The zero-order valence-electron chi connectivity index (χ0n) is 28.5. The summed E-state index contributed by atoms with van der Waals surface area (Å²) in [5, 5.41) is 4.76. The molecule has 0 bridgehead atoms. The van der Waals surface area contributed by atoms with Crippen LogP contribution in [0, 0.1) is 0 Å². The number of ketones is 1. The summed E-state index contributed by atoms with van der Waals surface area (Å²) >= 11 is 0. The number of hydrogen-bond acceptors (Lipinski definition) is 6. The van der Waals surface area contributed by atoms with Crippen LogP contribution in [-0.4, -0.2) is 31.5 Å². The van der Waals surface area contributed by atoms with Gasteiger partial charge in [0.15, 0.2) is 12.5 Å². The quantitative estimate of drug-likeness (QED) is 0.0484. The molecular formula is C40H52N4O3. The van der Waals surface area contributed by atoms with Crippen molar-refractivity contribution in [2.75, 3.05) is 0 Å². The molecule has 0 saturated carbocycles. The molecule has 7 heteroatoms. The van der Waals surface area contributed by atoms with Crippen LogP contribution in [0.4, 0.5) is 0 Å². The number of esters is 1. The largest absolute Gasteiger partial charge is 0.442 e. The van der Waals surface area contributed by atoms with Crippen molar-refractivity contribution < 1.29 is 14.3 Å². The van der Waals surface area contributed by atoms with Gasteiger partial charge in [0.1, 0.15) is 5.69 Å². The van der Waals surface area contributed by atoms with E-state index in [4.69, 9.17) is 9.84 Å². The van der Waals surface area contributed by atoms with Gasteiger partial charge in [-0.3, -0.25) is 19.6 Å². The van der Waals surface area contributed by atoms with E-state index in [1.165, 1.54) is 83.5 Å². The first-order valence-corrected chi connectivity index (χ1v) is 17.8. The highest BCUT2D eigenvalue weighted by molar-refractivity contribution is 5.94.